The van der Waals surface area contributed by atoms with Crippen LogP contribution in [-0.2, 0) is 32.7 Å². The predicted molar refractivity (Wildman–Crippen MR) is 271 cm³/mol. The Hall–Kier alpha value is -1.51. The summed E-state index contributed by atoms with van der Waals surface area (Å²) >= 11 is 0. The average molecular weight is 927 g/mol. The lowest BCUT2D eigenvalue weighted by Crippen LogP contribution is -2.37. The van der Waals surface area contributed by atoms with Crippen molar-refractivity contribution in [1.82, 2.24) is 0 Å². The molecule has 0 fully saturated rings. The lowest BCUT2D eigenvalue weighted by atomic mass is 10.0. The zero-order valence-corrected chi connectivity index (χ0v) is 43.7. The van der Waals surface area contributed by atoms with Gasteiger partial charge in [-0.25, -0.2) is 4.57 Å². The van der Waals surface area contributed by atoms with Crippen molar-refractivity contribution in [3.8, 4) is 0 Å². The Morgan fingerprint density at radius 2 is 0.844 bits per heavy atom. The summed E-state index contributed by atoms with van der Waals surface area (Å²) in [4.78, 5) is 35.6. The summed E-state index contributed by atoms with van der Waals surface area (Å²) in [6, 6.07) is 0. The van der Waals surface area contributed by atoms with Crippen molar-refractivity contribution in [2.24, 2.45) is 0 Å². The Bertz CT molecular complexity index is 1140. The molecule has 0 saturated heterocycles. The molecule has 1 N–H and O–H groups in total. The highest BCUT2D eigenvalue weighted by Gasteiger charge is 2.27. The molecule has 0 aromatic carbocycles. The highest BCUT2D eigenvalue weighted by molar-refractivity contribution is 7.47. The van der Waals surface area contributed by atoms with Crippen LogP contribution in [0.4, 0.5) is 0 Å². The second kappa shape index (κ2) is 46.6. The Morgan fingerprint density at radius 1 is 0.484 bits per heavy atom. The van der Waals surface area contributed by atoms with E-state index in [2.05, 4.69) is 38.2 Å². The normalized spacial score (nSPS) is 13.5. The lowest BCUT2D eigenvalue weighted by molar-refractivity contribution is -0.870. The number of carbonyl (C=O) groups excluding carboxylic acids is 2. The number of esters is 2. The molecule has 0 amide bonds. The molecule has 2 atom stereocenters. The van der Waals surface area contributed by atoms with Crippen molar-refractivity contribution in [3.63, 3.8) is 0 Å². The average Bonchev–Trinajstić information content (AvgIpc) is 3.25. The van der Waals surface area contributed by atoms with Crippen LogP contribution in [0.25, 0.3) is 0 Å². The van der Waals surface area contributed by atoms with Gasteiger partial charge in [0.1, 0.15) is 19.8 Å². The minimum atomic E-state index is -4.38. The Balaban J connectivity index is 4.16. The van der Waals surface area contributed by atoms with E-state index >= 15 is 0 Å². The molecule has 378 valence electrons. The summed E-state index contributed by atoms with van der Waals surface area (Å²) in [5, 5.41) is 0. The van der Waals surface area contributed by atoms with Crippen molar-refractivity contribution in [2.45, 2.75) is 264 Å². The lowest BCUT2D eigenvalue weighted by Gasteiger charge is -2.24. The first kappa shape index (κ1) is 62.5. The van der Waals surface area contributed by atoms with E-state index < -0.39 is 26.5 Å². The van der Waals surface area contributed by atoms with Gasteiger partial charge in [0.25, 0.3) is 0 Å². The van der Waals surface area contributed by atoms with Gasteiger partial charge in [-0.2, -0.15) is 0 Å². The number of carbonyl (C=O) groups is 2. The summed E-state index contributed by atoms with van der Waals surface area (Å²) in [7, 11) is 1.48. The number of phosphoric ester groups is 1. The van der Waals surface area contributed by atoms with Crippen LogP contribution in [0.2, 0.25) is 0 Å². The minimum Gasteiger partial charge on any atom is -0.462 e. The van der Waals surface area contributed by atoms with Gasteiger partial charge in [-0.3, -0.25) is 18.6 Å². The van der Waals surface area contributed by atoms with Crippen molar-refractivity contribution in [1.29, 1.82) is 0 Å². The number of phosphoric acid groups is 1. The highest BCUT2D eigenvalue weighted by Crippen LogP contribution is 2.43. The summed E-state index contributed by atoms with van der Waals surface area (Å²) < 4.78 is 34.5. The van der Waals surface area contributed by atoms with Crippen molar-refractivity contribution < 1.29 is 42.1 Å². The van der Waals surface area contributed by atoms with E-state index in [0.29, 0.717) is 23.9 Å². The maximum Gasteiger partial charge on any atom is 0.472 e. The summed E-state index contributed by atoms with van der Waals surface area (Å²) in [5.41, 5.74) is 0. The van der Waals surface area contributed by atoms with Crippen LogP contribution in [0.5, 0.6) is 0 Å². The molecule has 0 aliphatic heterocycles. The molecule has 0 radical (unpaired) electrons. The number of unbranched alkanes of at least 4 members (excludes halogenated alkanes) is 32. The molecule has 0 aromatic rings. The third kappa shape index (κ3) is 49.9. The van der Waals surface area contributed by atoms with Crippen LogP contribution in [-0.4, -0.2) is 74.9 Å². The molecule has 0 aliphatic carbocycles. The van der Waals surface area contributed by atoms with Crippen LogP contribution in [0.15, 0.2) is 24.3 Å². The van der Waals surface area contributed by atoms with Crippen LogP contribution in [0, 0.1) is 0 Å². The maximum absolute atomic E-state index is 12.8. The van der Waals surface area contributed by atoms with Crippen molar-refractivity contribution >= 4 is 19.8 Å². The standard InChI is InChI=1S/C54H104NO8P/c1-6-8-10-12-14-16-18-20-22-24-25-26-27-28-29-31-32-34-36-38-40-42-44-46-53(56)60-50-52(51-62-64(58,59)61-49-48-55(3,4)5)63-54(57)47-45-43-41-39-37-35-33-30-23-21-19-17-15-13-11-9-7-2/h15,17,21,23,52H,6-14,16,18-20,22,24-51H2,1-5H3/p+1/b17-15+,23-21+/t52-/m0/s1. The molecule has 0 rings (SSSR count). The monoisotopic (exact) mass is 927 g/mol. The molecule has 0 saturated carbocycles. The Kier molecular flexibility index (Phi) is 45.5. The van der Waals surface area contributed by atoms with Gasteiger partial charge in [-0.15, -0.1) is 0 Å². The van der Waals surface area contributed by atoms with Gasteiger partial charge in [0.2, 0.25) is 0 Å². The van der Waals surface area contributed by atoms with Gasteiger partial charge < -0.3 is 18.9 Å². The smallest absolute Gasteiger partial charge is 0.462 e. The summed E-state index contributed by atoms with van der Waals surface area (Å²) in [6.45, 7) is 4.44. The van der Waals surface area contributed by atoms with E-state index in [-0.39, 0.29) is 25.6 Å². The van der Waals surface area contributed by atoms with Gasteiger partial charge >= 0.3 is 19.8 Å². The van der Waals surface area contributed by atoms with Crippen LogP contribution in [0.1, 0.15) is 258 Å². The first-order valence-electron chi connectivity index (χ1n) is 27.1. The second-order valence-electron chi connectivity index (χ2n) is 19.6. The molecule has 0 bridgehead atoms. The maximum atomic E-state index is 12.8. The molecule has 0 aromatic heterocycles. The fourth-order valence-electron chi connectivity index (χ4n) is 7.75. The third-order valence-corrected chi connectivity index (χ3v) is 13.0. The number of likely N-dealkylation sites (N-methyl/N-ethyl adjacent to an activating group) is 1. The van der Waals surface area contributed by atoms with Crippen LogP contribution in [0.3, 0.4) is 0 Å². The largest absolute Gasteiger partial charge is 0.472 e. The Morgan fingerprint density at radius 3 is 1.27 bits per heavy atom. The first-order chi connectivity index (χ1) is 31.0. The molecule has 64 heavy (non-hydrogen) atoms. The van der Waals surface area contributed by atoms with Gasteiger partial charge in [-0.1, -0.05) is 224 Å². The zero-order valence-electron chi connectivity index (χ0n) is 42.8. The molecular weight excluding hydrogens is 822 g/mol. The molecule has 0 aliphatic rings. The van der Waals surface area contributed by atoms with Crippen LogP contribution >= 0.6 is 7.82 Å². The quantitative estimate of drug-likeness (QED) is 0.0211. The van der Waals surface area contributed by atoms with Crippen LogP contribution < -0.4 is 0 Å². The number of quaternary nitrogens is 1. The molecule has 9 nitrogen and oxygen atoms in total. The molecular formula is C54H105NO8P+. The number of hydrogen-bond donors (Lipinski definition) is 1. The van der Waals surface area contributed by atoms with E-state index in [1.807, 2.05) is 21.1 Å². The van der Waals surface area contributed by atoms with E-state index in [1.54, 1.807) is 0 Å². The predicted octanol–water partition coefficient (Wildman–Crippen LogP) is 16.3. The van der Waals surface area contributed by atoms with E-state index in [9.17, 15) is 19.0 Å². The number of rotatable bonds is 50. The second-order valence-corrected chi connectivity index (χ2v) is 21.1. The SMILES string of the molecule is CCCCC/C=C/C/C=C/CCCCCCCCCC(=O)O[C@@H](COC(=O)CCCCCCCCCCCCCCCCCCCCCCCCC)COP(=O)(O)OCC[N+](C)(C)C. The number of ether oxygens (including phenoxy) is 2. The van der Waals surface area contributed by atoms with Crippen molar-refractivity contribution in [3.05, 3.63) is 24.3 Å². The number of allylic oxidation sites excluding steroid dienone is 4. The zero-order chi connectivity index (χ0) is 47.1. The van der Waals surface area contributed by atoms with Gasteiger partial charge in [0, 0.05) is 12.8 Å². The van der Waals surface area contributed by atoms with Gasteiger partial charge in [0.15, 0.2) is 6.10 Å². The number of hydrogen-bond acceptors (Lipinski definition) is 7. The third-order valence-electron chi connectivity index (χ3n) is 12.0. The fourth-order valence-corrected chi connectivity index (χ4v) is 8.49. The summed E-state index contributed by atoms with van der Waals surface area (Å²) in [5.74, 6) is -0.793. The first-order valence-corrected chi connectivity index (χ1v) is 28.6. The topological polar surface area (TPSA) is 108 Å². The van der Waals surface area contributed by atoms with Gasteiger partial charge in [0.05, 0.1) is 27.7 Å². The van der Waals surface area contributed by atoms with Gasteiger partial charge in [-0.05, 0) is 44.9 Å². The molecule has 10 heteroatoms. The fraction of sp³-hybridized carbons (Fsp3) is 0.889. The highest BCUT2D eigenvalue weighted by atomic mass is 31.2. The van der Waals surface area contributed by atoms with E-state index in [1.165, 1.54) is 173 Å². The van der Waals surface area contributed by atoms with E-state index in [0.717, 1.165) is 51.4 Å². The molecule has 0 spiro atoms. The molecule has 0 heterocycles. The van der Waals surface area contributed by atoms with E-state index in [4.69, 9.17) is 18.5 Å². The Labute approximate surface area is 396 Å². The minimum absolute atomic E-state index is 0.0322. The van der Waals surface area contributed by atoms with Crippen molar-refractivity contribution in [2.75, 3.05) is 47.5 Å². The summed E-state index contributed by atoms with van der Waals surface area (Å²) in [6.07, 6.45) is 53.8. The molecule has 1 unspecified atom stereocenters. The number of nitrogens with zero attached hydrogens (tertiary/aromatic N) is 1.